The molecule has 0 heterocycles. The second-order valence-corrected chi connectivity index (χ2v) is 7.82. The van der Waals surface area contributed by atoms with Crippen LogP contribution in [0.3, 0.4) is 0 Å². The Bertz CT molecular complexity index is 485. The van der Waals surface area contributed by atoms with Gasteiger partial charge in [-0.25, -0.2) is 0 Å². The predicted molar refractivity (Wildman–Crippen MR) is 77.0 cm³/mol. The van der Waals surface area contributed by atoms with Crippen molar-refractivity contribution in [3.05, 3.63) is 12.2 Å². The first kappa shape index (κ1) is 14.1. The fourth-order valence-corrected chi connectivity index (χ4v) is 5.89. The highest BCUT2D eigenvalue weighted by Crippen LogP contribution is 2.77. The van der Waals surface area contributed by atoms with Crippen LogP contribution in [0.1, 0.15) is 53.4 Å². The Labute approximate surface area is 121 Å². The summed E-state index contributed by atoms with van der Waals surface area (Å²) < 4.78 is 5.76. The number of aliphatic hydroxyl groups is 1. The fourth-order valence-electron chi connectivity index (χ4n) is 5.89. The van der Waals surface area contributed by atoms with Gasteiger partial charge in [0, 0.05) is 18.3 Å². The molecule has 0 unspecified atom stereocenters. The fraction of sp³-hybridized carbons (Fsp3) is 0.824. The topological polar surface area (TPSA) is 46.5 Å². The van der Waals surface area contributed by atoms with Gasteiger partial charge in [-0.05, 0) is 35.7 Å². The van der Waals surface area contributed by atoms with E-state index in [1.165, 1.54) is 13.3 Å². The predicted octanol–water partition coefficient (Wildman–Crippen LogP) is 3.07. The van der Waals surface area contributed by atoms with Crippen molar-refractivity contribution in [2.75, 3.05) is 0 Å². The van der Waals surface area contributed by atoms with E-state index in [9.17, 15) is 9.90 Å². The molecule has 0 spiro atoms. The van der Waals surface area contributed by atoms with Crippen LogP contribution in [0, 0.1) is 22.2 Å². The van der Waals surface area contributed by atoms with Gasteiger partial charge >= 0.3 is 5.97 Å². The van der Waals surface area contributed by atoms with E-state index in [1.807, 2.05) is 0 Å². The molecule has 0 aromatic heterocycles. The maximum atomic E-state index is 11.6. The van der Waals surface area contributed by atoms with Gasteiger partial charge in [-0.2, -0.15) is 0 Å². The molecule has 3 nitrogen and oxygen atoms in total. The Morgan fingerprint density at radius 3 is 2.55 bits per heavy atom. The Morgan fingerprint density at radius 1 is 1.30 bits per heavy atom. The quantitative estimate of drug-likeness (QED) is 0.592. The van der Waals surface area contributed by atoms with Crippen molar-refractivity contribution in [3.8, 4) is 0 Å². The van der Waals surface area contributed by atoms with E-state index in [0.29, 0.717) is 6.42 Å². The summed E-state index contributed by atoms with van der Waals surface area (Å²) in [6.45, 7) is 12.5. The lowest BCUT2D eigenvalue weighted by Crippen LogP contribution is -2.48. The SMILES string of the molecule is C=C1[C@@H](O)C[C@]2(C)[C@H](OC(C)=O)[C@H]1[C@]1(C)CCC[C@@]12C. The van der Waals surface area contributed by atoms with Crippen LogP contribution in [0.2, 0.25) is 0 Å². The molecule has 112 valence electrons. The first-order valence-corrected chi connectivity index (χ1v) is 7.71. The zero-order valence-corrected chi connectivity index (χ0v) is 13.0. The second-order valence-electron chi connectivity index (χ2n) is 7.82. The Balaban J connectivity index is 2.17. The minimum absolute atomic E-state index is 0.0798. The minimum Gasteiger partial charge on any atom is -0.461 e. The number of hydrogen-bond donors (Lipinski definition) is 1. The van der Waals surface area contributed by atoms with Crippen LogP contribution < -0.4 is 0 Å². The summed E-state index contributed by atoms with van der Waals surface area (Å²) in [5.41, 5.74) is 0.901. The third-order valence-electron chi connectivity index (χ3n) is 7.25. The zero-order valence-electron chi connectivity index (χ0n) is 13.0. The molecule has 3 aliphatic rings. The molecule has 3 aliphatic carbocycles. The molecule has 3 heteroatoms. The summed E-state index contributed by atoms with van der Waals surface area (Å²) in [6.07, 6.45) is 3.56. The third kappa shape index (κ3) is 1.33. The Hall–Kier alpha value is -0.830. The number of aliphatic hydroxyl groups excluding tert-OH is 1. The number of fused-ring (bicyclic) bond motifs is 5. The van der Waals surface area contributed by atoms with Gasteiger partial charge in [0.1, 0.15) is 6.10 Å². The molecular formula is C17H26O3. The molecular weight excluding hydrogens is 252 g/mol. The van der Waals surface area contributed by atoms with Crippen molar-refractivity contribution >= 4 is 5.97 Å². The summed E-state index contributed by atoms with van der Waals surface area (Å²) >= 11 is 0. The third-order valence-corrected chi connectivity index (χ3v) is 7.25. The number of ether oxygens (including phenoxy) is 1. The lowest BCUT2D eigenvalue weighted by atomic mass is 9.58. The molecule has 0 saturated heterocycles. The Morgan fingerprint density at radius 2 is 1.95 bits per heavy atom. The minimum atomic E-state index is -0.462. The van der Waals surface area contributed by atoms with Crippen LogP contribution in [0.5, 0.6) is 0 Å². The van der Waals surface area contributed by atoms with Crippen LogP contribution in [0.25, 0.3) is 0 Å². The largest absolute Gasteiger partial charge is 0.461 e. The molecule has 3 rings (SSSR count). The highest BCUT2D eigenvalue weighted by atomic mass is 16.5. The molecule has 1 N–H and O–H groups in total. The number of carbonyl (C=O) groups excluding carboxylic acids is 1. The molecule has 6 atom stereocenters. The maximum absolute atomic E-state index is 11.6. The average molecular weight is 278 g/mol. The smallest absolute Gasteiger partial charge is 0.302 e. The van der Waals surface area contributed by atoms with Gasteiger partial charge in [0.25, 0.3) is 0 Å². The van der Waals surface area contributed by atoms with Gasteiger partial charge in [0.2, 0.25) is 0 Å². The van der Waals surface area contributed by atoms with Crippen molar-refractivity contribution in [3.63, 3.8) is 0 Å². The van der Waals surface area contributed by atoms with Gasteiger partial charge in [-0.3, -0.25) is 4.79 Å². The summed E-state index contributed by atoms with van der Waals surface area (Å²) in [4.78, 5) is 11.6. The first-order chi connectivity index (χ1) is 9.17. The van der Waals surface area contributed by atoms with E-state index >= 15 is 0 Å². The summed E-state index contributed by atoms with van der Waals surface area (Å²) in [5.74, 6) is -0.129. The number of hydrogen-bond acceptors (Lipinski definition) is 3. The molecule has 2 bridgehead atoms. The standard InChI is InChI=1S/C17H26O3/c1-10-12(19)9-16(4)14(20-11(2)18)13(10)15(3)7-6-8-17(15,16)5/h12-14,19H,1,6-9H2,2-5H3/t12-,13-,14+,15-,16+,17-/m0/s1. The first-order valence-electron chi connectivity index (χ1n) is 7.71. The zero-order chi connectivity index (χ0) is 14.9. The van der Waals surface area contributed by atoms with Crippen molar-refractivity contribution in [2.24, 2.45) is 22.2 Å². The van der Waals surface area contributed by atoms with E-state index in [2.05, 4.69) is 27.4 Å². The van der Waals surface area contributed by atoms with E-state index in [1.54, 1.807) is 0 Å². The van der Waals surface area contributed by atoms with E-state index in [0.717, 1.165) is 18.4 Å². The van der Waals surface area contributed by atoms with E-state index in [4.69, 9.17) is 4.74 Å². The summed E-state index contributed by atoms with van der Waals surface area (Å²) in [5, 5.41) is 10.4. The highest BCUT2D eigenvalue weighted by molar-refractivity contribution is 5.66. The van der Waals surface area contributed by atoms with Gasteiger partial charge < -0.3 is 9.84 Å². The average Bonchev–Trinajstić information content (AvgIpc) is 2.68. The lowest BCUT2D eigenvalue weighted by molar-refractivity contribution is -0.161. The highest BCUT2D eigenvalue weighted by Gasteiger charge is 2.75. The van der Waals surface area contributed by atoms with Crippen LogP contribution in [0.15, 0.2) is 12.2 Å². The normalized spacial score (nSPS) is 53.9. The van der Waals surface area contributed by atoms with Crippen LogP contribution in [-0.2, 0) is 9.53 Å². The monoisotopic (exact) mass is 278 g/mol. The summed E-state index contributed by atoms with van der Waals surface area (Å²) in [7, 11) is 0. The maximum Gasteiger partial charge on any atom is 0.302 e. The van der Waals surface area contributed by atoms with E-state index in [-0.39, 0.29) is 34.2 Å². The van der Waals surface area contributed by atoms with Gasteiger partial charge in [-0.1, -0.05) is 33.8 Å². The van der Waals surface area contributed by atoms with Gasteiger partial charge in [0.15, 0.2) is 0 Å². The number of rotatable bonds is 1. The Kier molecular flexibility index (Phi) is 2.74. The molecule has 0 aromatic carbocycles. The van der Waals surface area contributed by atoms with Gasteiger partial charge in [-0.15, -0.1) is 0 Å². The molecule has 20 heavy (non-hydrogen) atoms. The van der Waals surface area contributed by atoms with E-state index < -0.39 is 6.10 Å². The van der Waals surface area contributed by atoms with Crippen molar-refractivity contribution in [1.82, 2.24) is 0 Å². The van der Waals surface area contributed by atoms with Crippen LogP contribution >= 0.6 is 0 Å². The molecule has 3 saturated carbocycles. The molecule has 0 aliphatic heterocycles. The van der Waals surface area contributed by atoms with Crippen molar-refractivity contribution < 1.29 is 14.6 Å². The van der Waals surface area contributed by atoms with Gasteiger partial charge in [0.05, 0.1) is 6.10 Å². The second kappa shape index (κ2) is 3.88. The number of esters is 1. The summed E-state index contributed by atoms with van der Waals surface area (Å²) in [6, 6.07) is 0. The molecule has 0 aromatic rings. The molecule has 0 radical (unpaired) electrons. The number of carbonyl (C=O) groups is 1. The van der Waals surface area contributed by atoms with Crippen molar-refractivity contribution in [2.45, 2.75) is 65.6 Å². The molecule has 3 fully saturated rings. The van der Waals surface area contributed by atoms with Crippen LogP contribution in [-0.4, -0.2) is 23.3 Å². The lowest BCUT2D eigenvalue weighted by Gasteiger charge is -2.47. The molecule has 0 amide bonds. The van der Waals surface area contributed by atoms with Crippen LogP contribution in [0.4, 0.5) is 0 Å². The van der Waals surface area contributed by atoms with Crippen molar-refractivity contribution in [1.29, 1.82) is 0 Å².